The number of hydrogen-bond acceptors (Lipinski definition) is 4. The van der Waals surface area contributed by atoms with Gasteiger partial charge >= 0.3 is 0 Å². The molecule has 2 fully saturated rings. The van der Waals surface area contributed by atoms with Gasteiger partial charge in [0, 0.05) is 44.7 Å². The normalized spacial score (nSPS) is 26.1. The molecule has 1 aliphatic carbocycles. The van der Waals surface area contributed by atoms with Gasteiger partial charge in [0.1, 0.15) is 0 Å². The maximum atomic E-state index is 5.42. The summed E-state index contributed by atoms with van der Waals surface area (Å²) in [7, 11) is 0. The Morgan fingerprint density at radius 2 is 1.67 bits per heavy atom. The van der Waals surface area contributed by atoms with Crippen molar-refractivity contribution in [1.29, 1.82) is 0 Å². The number of nitrogens with zero attached hydrogens (tertiary/aromatic N) is 2. The Bertz CT molecular complexity index is 521. The number of morpholine rings is 1. The van der Waals surface area contributed by atoms with Gasteiger partial charge in [0.15, 0.2) is 0 Å². The van der Waals surface area contributed by atoms with E-state index in [4.69, 9.17) is 4.74 Å². The quantitative estimate of drug-likeness (QED) is 0.860. The summed E-state index contributed by atoms with van der Waals surface area (Å²) in [6, 6.07) is 9.64. The molecule has 4 rings (SSSR count). The van der Waals surface area contributed by atoms with Gasteiger partial charge in [0.25, 0.3) is 0 Å². The Hall–Kier alpha value is -0.940. The molecule has 0 aromatic heterocycles. The van der Waals surface area contributed by atoms with E-state index < -0.39 is 0 Å². The van der Waals surface area contributed by atoms with Crippen molar-refractivity contribution in [3.63, 3.8) is 0 Å². The molecular formula is C20H31N3O. The molecule has 2 saturated heterocycles. The Balaban J connectivity index is 1.12. The van der Waals surface area contributed by atoms with Gasteiger partial charge in [-0.15, -0.1) is 0 Å². The molecule has 0 spiro atoms. The lowest BCUT2D eigenvalue weighted by atomic mass is 9.77. The molecule has 3 aliphatic rings. The maximum Gasteiger partial charge on any atom is 0.0594 e. The lowest BCUT2D eigenvalue weighted by Gasteiger charge is -2.36. The summed E-state index contributed by atoms with van der Waals surface area (Å²) in [6.07, 6.45) is 3.87. The van der Waals surface area contributed by atoms with Gasteiger partial charge in [-0.3, -0.25) is 4.90 Å². The molecule has 0 radical (unpaired) electrons. The minimum absolute atomic E-state index is 0.720. The van der Waals surface area contributed by atoms with E-state index in [0.717, 1.165) is 44.8 Å². The average Bonchev–Trinajstić information content (AvgIpc) is 2.63. The van der Waals surface area contributed by atoms with Crippen molar-refractivity contribution in [3.05, 3.63) is 35.4 Å². The molecule has 1 aromatic carbocycles. The van der Waals surface area contributed by atoms with Gasteiger partial charge in [-0.05, 0) is 43.5 Å². The molecule has 2 aliphatic heterocycles. The van der Waals surface area contributed by atoms with Crippen LogP contribution in [0.1, 0.15) is 29.9 Å². The van der Waals surface area contributed by atoms with E-state index in [-0.39, 0.29) is 0 Å². The largest absolute Gasteiger partial charge is 0.379 e. The fourth-order valence-corrected chi connectivity index (χ4v) is 4.32. The number of fused-ring (bicyclic) bond motifs is 1. The minimum atomic E-state index is 0.720. The molecule has 24 heavy (non-hydrogen) atoms. The highest BCUT2D eigenvalue weighted by molar-refractivity contribution is 5.40. The van der Waals surface area contributed by atoms with Crippen molar-refractivity contribution in [1.82, 2.24) is 15.1 Å². The fourth-order valence-electron chi connectivity index (χ4n) is 4.32. The third kappa shape index (κ3) is 3.99. The first-order valence-electron chi connectivity index (χ1n) is 9.72. The highest BCUT2D eigenvalue weighted by Crippen LogP contribution is 2.34. The number of hydrogen-bond donors (Lipinski definition) is 1. The number of benzene rings is 1. The minimum Gasteiger partial charge on any atom is -0.379 e. The van der Waals surface area contributed by atoms with Crippen LogP contribution >= 0.6 is 0 Å². The fraction of sp³-hybridized carbons (Fsp3) is 0.700. The molecule has 1 atom stereocenters. The second kappa shape index (κ2) is 7.96. The van der Waals surface area contributed by atoms with Crippen molar-refractivity contribution in [3.8, 4) is 0 Å². The van der Waals surface area contributed by atoms with Crippen LogP contribution in [0.4, 0.5) is 0 Å². The van der Waals surface area contributed by atoms with Crippen LogP contribution in [-0.2, 0) is 11.2 Å². The molecule has 132 valence electrons. The summed E-state index contributed by atoms with van der Waals surface area (Å²) in [5, 5.41) is 3.84. The topological polar surface area (TPSA) is 27.7 Å². The Kier molecular flexibility index (Phi) is 5.48. The molecule has 1 aromatic rings. The second-order valence-corrected chi connectivity index (χ2v) is 7.58. The van der Waals surface area contributed by atoms with E-state index in [9.17, 15) is 0 Å². The van der Waals surface area contributed by atoms with E-state index in [1.54, 1.807) is 11.1 Å². The average molecular weight is 329 g/mol. The van der Waals surface area contributed by atoms with Gasteiger partial charge < -0.3 is 15.0 Å². The van der Waals surface area contributed by atoms with Crippen LogP contribution in [0.3, 0.4) is 0 Å². The Morgan fingerprint density at radius 3 is 2.42 bits per heavy atom. The smallest absolute Gasteiger partial charge is 0.0594 e. The van der Waals surface area contributed by atoms with E-state index in [1.807, 2.05) is 0 Å². The van der Waals surface area contributed by atoms with Gasteiger partial charge in [0.2, 0.25) is 0 Å². The number of ether oxygens (including phenoxy) is 1. The Labute approximate surface area is 146 Å². The van der Waals surface area contributed by atoms with Crippen molar-refractivity contribution >= 4 is 0 Å². The number of nitrogens with one attached hydrogen (secondary N) is 1. The van der Waals surface area contributed by atoms with Crippen molar-refractivity contribution in [2.24, 2.45) is 0 Å². The lowest BCUT2D eigenvalue weighted by Crippen LogP contribution is -2.47. The van der Waals surface area contributed by atoms with Crippen molar-refractivity contribution in [2.45, 2.75) is 31.2 Å². The van der Waals surface area contributed by atoms with Crippen LogP contribution in [-0.4, -0.2) is 74.9 Å². The Morgan fingerprint density at radius 1 is 0.958 bits per heavy atom. The summed E-state index contributed by atoms with van der Waals surface area (Å²) in [4.78, 5) is 5.19. The van der Waals surface area contributed by atoms with Gasteiger partial charge in [-0.25, -0.2) is 0 Å². The number of piperidine rings is 1. The standard InChI is InChI=1S/C20H31N3O/c1-2-4-20-17(3-1)15-18(20)16-21-19-5-7-22(8-6-19)9-10-23-11-13-24-14-12-23/h1-4,18-19,21H,5-16H2/t18-/m1/s1. The molecule has 1 N–H and O–H groups in total. The van der Waals surface area contributed by atoms with Crippen molar-refractivity contribution < 1.29 is 4.74 Å². The molecule has 0 bridgehead atoms. The van der Waals surface area contributed by atoms with Crippen LogP contribution in [0.25, 0.3) is 0 Å². The number of likely N-dealkylation sites (tertiary alicyclic amines) is 1. The maximum absolute atomic E-state index is 5.42. The molecule has 4 heteroatoms. The van der Waals surface area contributed by atoms with Crippen molar-refractivity contribution in [2.75, 3.05) is 59.0 Å². The summed E-state index contributed by atoms with van der Waals surface area (Å²) in [6.45, 7) is 10.2. The highest BCUT2D eigenvalue weighted by atomic mass is 16.5. The van der Waals surface area contributed by atoms with Gasteiger partial charge in [-0.1, -0.05) is 24.3 Å². The first-order chi connectivity index (χ1) is 11.9. The zero-order valence-electron chi connectivity index (χ0n) is 14.8. The SMILES string of the molecule is c1ccc2c(c1)C[C@@H]2CNC1CCN(CCN2CCOCC2)CC1. The molecular weight excluding hydrogens is 298 g/mol. The third-order valence-electron chi connectivity index (χ3n) is 6.04. The predicted octanol–water partition coefficient (Wildman–Crippen LogP) is 1.71. The second-order valence-electron chi connectivity index (χ2n) is 7.58. The molecule has 2 heterocycles. The van der Waals surface area contributed by atoms with Gasteiger partial charge in [-0.2, -0.15) is 0 Å². The molecule has 0 unspecified atom stereocenters. The zero-order chi connectivity index (χ0) is 16.2. The monoisotopic (exact) mass is 329 g/mol. The van der Waals surface area contributed by atoms with E-state index in [0.29, 0.717) is 0 Å². The summed E-state index contributed by atoms with van der Waals surface area (Å²) < 4.78 is 5.42. The van der Waals surface area contributed by atoms with Crippen LogP contribution in [0.2, 0.25) is 0 Å². The zero-order valence-corrected chi connectivity index (χ0v) is 14.8. The molecule has 0 amide bonds. The van der Waals surface area contributed by atoms with E-state index in [2.05, 4.69) is 39.4 Å². The first kappa shape index (κ1) is 16.5. The van der Waals surface area contributed by atoms with Gasteiger partial charge in [0.05, 0.1) is 13.2 Å². The predicted molar refractivity (Wildman–Crippen MR) is 97.6 cm³/mol. The summed E-state index contributed by atoms with van der Waals surface area (Å²) in [5.41, 5.74) is 3.13. The van der Waals surface area contributed by atoms with E-state index >= 15 is 0 Å². The summed E-state index contributed by atoms with van der Waals surface area (Å²) in [5.74, 6) is 0.751. The molecule has 4 nitrogen and oxygen atoms in total. The summed E-state index contributed by atoms with van der Waals surface area (Å²) >= 11 is 0. The third-order valence-corrected chi connectivity index (χ3v) is 6.04. The number of rotatable bonds is 6. The van der Waals surface area contributed by atoms with Crippen LogP contribution in [0.5, 0.6) is 0 Å². The van der Waals surface area contributed by atoms with Crippen LogP contribution in [0, 0.1) is 0 Å². The van der Waals surface area contributed by atoms with Crippen LogP contribution < -0.4 is 5.32 Å². The van der Waals surface area contributed by atoms with Crippen LogP contribution in [0.15, 0.2) is 24.3 Å². The highest BCUT2D eigenvalue weighted by Gasteiger charge is 2.26. The lowest BCUT2D eigenvalue weighted by molar-refractivity contribution is 0.0318. The molecule has 0 saturated carbocycles. The first-order valence-corrected chi connectivity index (χ1v) is 9.72. The van der Waals surface area contributed by atoms with E-state index in [1.165, 1.54) is 45.4 Å².